The Hall–Kier alpha value is -2.02. The lowest BCUT2D eigenvalue weighted by molar-refractivity contribution is -0.205. The van der Waals surface area contributed by atoms with E-state index in [4.69, 9.17) is 23.7 Å². The average Bonchev–Trinajstić information content (AvgIpc) is 3.39. The summed E-state index contributed by atoms with van der Waals surface area (Å²) in [5.74, 6) is -3.86. The zero-order valence-electron chi connectivity index (χ0n) is 26.7. The molecule has 0 aromatic heterocycles. The first-order valence-corrected chi connectivity index (χ1v) is 17.7. The Bertz CT molecular complexity index is 1500. The molecule has 0 amide bonds. The van der Waals surface area contributed by atoms with Gasteiger partial charge in [0.1, 0.15) is 18.8 Å². The maximum atomic E-state index is 14.1. The topological polar surface area (TPSA) is 132 Å². The third-order valence-corrected chi connectivity index (χ3v) is 12.3. The Balaban J connectivity index is 1.85. The van der Waals surface area contributed by atoms with Crippen LogP contribution < -0.4 is 0 Å². The monoisotopic (exact) mass is 974 g/mol. The first kappa shape index (κ1) is 38.4. The van der Waals surface area contributed by atoms with Gasteiger partial charge in [0.05, 0.1) is 28.4 Å². The Labute approximate surface area is 309 Å². The van der Waals surface area contributed by atoms with Crippen molar-refractivity contribution in [3.05, 3.63) is 64.3 Å². The van der Waals surface area contributed by atoms with Crippen molar-refractivity contribution < 1.29 is 47.7 Å². The number of carbonyl (C=O) groups is 5. The number of carbonyl (C=O) groups excluding carboxylic acids is 5. The minimum Gasteiger partial charge on any atom is -0.463 e. The van der Waals surface area contributed by atoms with E-state index in [0.29, 0.717) is 5.56 Å². The molecule has 250 valence electrons. The smallest absolute Gasteiger partial charge is 0.347 e. The van der Waals surface area contributed by atoms with Gasteiger partial charge in [-0.3, -0.25) is 14.4 Å². The molecule has 0 spiro atoms. The first-order valence-electron chi connectivity index (χ1n) is 14.4. The molecule has 2 aromatic carbocycles. The molecule has 2 unspecified atom stereocenters. The predicted molar refractivity (Wildman–Crippen MR) is 193 cm³/mol. The summed E-state index contributed by atoms with van der Waals surface area (Å²) in [7, 11) is 0. The van der Waals surface area contributed by atoms with Crippen LogP contribution in [0.5, 0.6) is 0 Å². The Morgan fingerprint density at radius 3 is 2.00 bits per heavy atom. The molecule has 10 nitrogen and oxygen atoms in total. The summed E-state index contributed by atoms with van der Waals surface area (Å²) in [6, 6.07) is 12.7. The Kier molecular flexibility index (Phi) is 12.6. The van der Waals surface area contributed by atoms with E-state index in [1.165, 1.54) is 34.6 Å². The molecule has 13 heteroatoms. The van der Waals surface area contributed by atoms with Gasteiger partial charge in [-0.1, -0.05) is 30.3 Å². The molecular formula is C33H37I3O10. The number of benzene rings is 2. The quantitative estimate of drug-likeness (QED) is 0.0755. The number of rotatable bonds is 12. The zero-order chi connectivity index (χ0) is 34.7. The summed E-state index contributed by atoms with van der Waals surface area (Å²) in [6.07, 6.45) is -1.04. The molecule has 1 aliphatic heterocycles. The normalized spacial score (nSPS) is 16.6. The summed E-state index contributed by atoms with van der Waals surface area (Å²) in [5.41, 5.74) is -5.29. The van der Waals surface area contributed by atoms with Crippen molar-refractivity contribution >= 4 is 97.6 Å². The molecule has 2 atom stereocenters. The van der Waals surface area contributed by atoms with Gasteiger partial charge in [0.15, 0.2) is 0 Å². The molecule has 0 saturated carbocycles. The van der Waals surface area contributed by atoms with Crippen molar-refractivity contribution in [3.63, 3.8) is 0 Å². The molecule has 0 N–H and O–H groups in total. The molecule has 0 radical (unpaired) electrons. The summed E-state index contributed by atoms with van der Waals surface area (Å²) in [4.78, 5) is 66.7. The molecule has 1 saturated heterocycles. The van der Waals surface area contributed by atoms with Crippen molar-refractivity contribution in [3.8, 4) is 0 Å². The van der Waals surface area contributed by atoms with Gasteiger partial charge in [-0.15, -0.1) is 0 Å². The Morgan fingerprint density at radius 1 is 0.826 bits per heavy atom. The molecule has 46 heavy (non-hydrogen) atoms. The van der Waals surface area contributed by atoms with Gasteiger partial charge in [0.25, 0.3) is 0 Å². The summed E-state index contributed by atoms with van der Waals surface area (Å²) in [6.45, 7) is 10.3. The van der Waals surface area contributed by atoms with Gasteiger partial charge in [0, 0.05) is 17.1 Å². The maximum Gasteiger partial charge on any atom is 0.347 e. The van der Waals surface area contributed by atoms with E-state index in [1.54, 1.807) is 19.9 Å². The Morgan fingerprint density at radius 2 is 1.41 bits per heavy atom. The van der Waals surface area contributed by atoms with Crippen LogP contribution in [-0.2, 0) is 48.5 Å². The molecule has 0 aliphatic carbocycles. The second-order valence-electron chi connectivity index (χ2n) is 12.5. The second kappa shape index (κ2) is 15.0. The highest BCUT2D eigenvalue weighted by atomic mass is 127. The fourth-order valence-corrected chi connectivity index (χ4v) is 7.40. The number of cyclic esters (lactones) is 1. The van der Waals surface area contributed by atoms with Crippen LogP contribution in [0.1, 0.15) is 70.8 Å². The van der Waals surface area contributed by atoms with Gasteiger partial charge in [-0.05, 0) is 134 Å². The molecule has 1 fully saturated rings. The van der Waals surface area contributed by atoms with Crippen LogP contribution in [-0.4, -0.2) is 55.8 Å². The fourth-order valence-electron chi connectivity index (χ4n) is 5.02. The predicted octanol–water partition coefficient (Wildman–Crippen LogP) is 6.60. The lowest BCUT2D eigenvalue weighted by Crippen LogP contribution is -2.60. The highest BCUT2D eigenvalue weighted by Gasteiger charge is 2.66. The second-order valence-corrected chi connectivity index (χ2v) is 16.0. The van der Waals surface area contributed by atoms with Gasteiger partial charge in [-0.2, -0.15) is 0 Å². The molecule has 1 heterocycles. The van der Waals surface area contributed by atoms with Crippen LogP contribution in [0.3, 0.4) is 0 Å². The molecular weight excluding hydrogens is 937 g/mol. The van der Waals surface area contributed by atoms with E-state index in [9.17, 15) is 24.0 Å². The summed E-state index contributed by atoms with van der Waals surface area (Å²) < 4.78 is 30.0. The number of hydrogen-bond acceptors (Lipinski definition) is 10. The van der Waals surface area contributed by atoms with Crippen molar-refractivity contribution in [1.29, 1.82) is 0 Å². The fraction of sp³-hybridized carbons (Fsp3) is 0.485. The molecule has 1 aliphatic rings. The van der Waals surface area contributed by atoms with Crippen LogP contribution in [0.4, 0.5) is 0 Å². The van der Waals surface area contributed by atoms with Crippen LogP contribution in [0.2, 0.25) is 0 Å². The number of ether oxygens (including phenoxy) is 5. The van der Waals surface area contributed by atoms with Crippen molar-refractivity contribution in [2.75, 3.05) is 19.8 Å². The zero-order valence-corrected chi connectivity index (χ0v) is 33.1. The highest BCUT2D eigenvalue weighted by Crippen LogP contribution is 2.54. The minimum atomic E-state index is -1.92. The molecule has 3 rings (SSSR count). The van der Waals surface area contributed by atoms with Crippen molar-refractivity contribution in [2.45, 2.75) is 66.6 Å². The molecule has 2 aromatic rings. The third-order valence-electron chi connectivity index (χ3n) is 8.64. The standard InChI is InChI=1S/C33H37I3O10/c1-30(2,27(39)44-16-15-43-25(37)21-17-20(34)18-22(35)24(21)36)33(7,29(41)45-23-13-14-42-26(23)38)31(3,4)28(40)46-32(5,6)19-11-9-8-10-12-19/h8-12,17-18,23H,13-16H2,1-7H3. The van der Waals surface area contributed by atoms with E-state index < -0.39 is 57.8 Å². The summed E-state index contributed by atoms with van der Waals surface area (Å²) >= 11 is 6.32. The third kappa shape index (κ3) is 7.98. The van der Waals surface area contributed by atoms with Crippen LogP contribution in [0, 0.1) is 27.0 Å². The first-order chi connectivity index (χ1) is 21.3. The van der Waals surface area contributed by atoms with E-state index in [1.807, 2.05) is 36.4 Å². The lowest BCUT2D eigenvalue weighted by atomic mass is 9.53. The van der Waals surface area contributed by atoms with E-state index in [-0.39, 0.29) is 26.2 Å². The van der Waals surface area contributed by atoms with Crippen LogP contribution >= 0.6 is 67.8 Å². The van der Waals surface area contributed by atoms with E-state index in [2.05, 4.69) is 67.8 Å². The summed E-state index contributed by atoms with van der Waals surface area (Å²) in [5, 5.41) is 0. The van der Waals surface area contributed by atoms with E-state index >= 15 is 0 Å². The van der Waals surface area contributed by atoms with Crippen LogP contribution in [0.15, 0.2) is 42.5 Å². The maximum absolute atomic E-state index is 14.1. The molecule has 0 bridgehead atoms. The SMILES string of the molecule is CC(C)(OC(=O)C(C)(C)C(C)(C(=O)OC1CCOC1=O)C(C)(C)C(=O)OCCOC(=O)c1cc(I)cc(I)c1I)c1ccccc1. The number of esters is 5. The van der Waals surface area contributed by atoms with Gasteiger partial charge < -0.3 is 23.7 Å². The van der Waals surface area contributed by atoms with Gasteiger partial charge >= 0.3 is 29.8 Å². The van der Waals surface area contributed by atoms with Gasteiger partial charge in [-0.25, -0.2) is 9.59 Å². The largest absolute Gasteiger partial charge is 0.463 e. The number of hydrogen-bond donors (Lipinski definition) is 0. The van der Waals surface area contributed by atoms with Crippen molar-refractivity contribution in [1.82, 2.24) is 0 Å². The minimum absolute atomic E-state index is 0.0781. The highest BCUT2D eigenvalue weighted by molar-refractivity contribution is 14.1. The van der Waals surface area contributed by atoms with Crippen molar-refractivity contribution in [2.24, 2.45) is 16.2 Å². The van der Waals surface area contributed by atoms with Crippen LogP contribution in [0.25, 0.3) is 0 Å². The number of halogens is 3. The average molecular weight is 974 g/mol. The van der Waals surface area contributed by atoms with Gasteiger partial charge in [0.2, 0.25) is 6.10 Å². The lowest BCUT2D eigenvalue weighted by Gasteiger charge is -2.49. The van der Waals surface area contributed by atoms with E-state index in [0.717, 1.165) is 16.3 Å².